The Morgan fingerprint density at radius 3 is 2.21 bits per heavy atom. The summed E-state index contributed by atoms with van der Waals surface area (Å²) in [6.07, 6.45) is 0.379. The molecular weight excluding hydrogens is 401 g/mol. The fourth-order valence-electron chi connectivity index (χ4n) is 2.48. The summed E-state index contributed by atoms with van der Waals surface area (Å²) in [7, 11) is 0. The minimum Gasteiger partial charge on any atom is -0.340 e. The first-order valence-corrected chi connectivity index (χ1v) is 9.44. The Labute approximate surface area is 173 Å². The van der Waals surface area contributed by atoms with E-state index in [-0.39, 0.29) is 16.5 Å². The van der Waals surface area contributed by atoms with Crippen LogP contribution in [0.3, 0.4) is 0 Å². The summed E-state index contributed by atoms with van der Waals surface area (Å²) in [5.41, 5.74) is 5.32. The number of nitrogens with one attached hydrogen (secondary N) is 3. The molecular formula is C20H21Cl2N3O3. The van der Waals surface area contributed by atoms with Crippen LogP contribution in [-0.4, -0.2) is 23.8 Å². The molecule has 28 heavy (non-hydrogen) atoms. The van der Waals surface area contributed by atoms with Gasteiger partial charge in [-0.2, -0.15) is 0 Å². The Kier molecular flexibility index (Phi) is 7.84. The van der Waals surface area contributed by atoms with Crippen LogP contribution < -0.4 is 16.2 Å². The maximum Gasteiger partial charge on any atom is 0.269 e. The molecule has 0 spiro atoms. The van der Waals surface area contributed by atoms with Gasteiger partial charge >= 0.3 is 0 Å². The number of halogens is 2. The maximum absolute atomic E-state index is 12.5. The monoisotopic (exact) mass is 421 g/mol. The standard InChI is InChI=1S/C20H21Cl2N3O3/c1-12(2)10-17(23-19(27)15-9-8-14(21)11-16(15)22)20(28)25-24-18(26)13-6-4-3-5-7-13/h3-9,11-12,17H,10H2,1-2H3,(H,23,27)(H,24,26)(H,25,28). The van der Waals surface area contributed by atoms with Crippen LogP contribution in [0.2, 0.25) is 10.0 Å². The molecule has 0 aromatic heterocycles. The molecule has 0 heterocycles. The number of amides is 3. The summed E-state index contributed by atoms with van der Waals surface area (Å²) >= 11 is 11.9. The molecule has 3 N–H and O–H groups in total. The van der Waals surface area contributed by atoms with E-state index in [1.807, 2.05) is 13.8 Å². The number of benzene rings is 2. The first-order chi connectivity index (χ1) is 13.3. The molecule has 1 unspecified atom stereocenters. The maximum atomic E-state index is 12.5. The van der Waals surface area contributed by atoms with Gasteiger partial charge in [0.15, 0.2) is 0 Å². The Balaban J connectivity index is 2.04. The Bertz CT molecular complexity index is 857. The van der Waals surface area contributed by atoms with Crippen LogP contribution in [0.5, 0.6) is 0 Å². The fraction of sp³-hybridized carbons (Fsp3) is 0.250. The van der Waals surface area contributed by atoms with Gasteiger partial charge in [0.1, 0.15) is 6.04 Å². The SMILES string of the molecule is CC(C)CC(NC(=O)c1ccc(Cl)cc1Cl)C(=O)NNC(=O)c1ccccc1. The van der Waals surface area contributed by atoms with Crippen LogP contribution in [-0.2, 0) is 4.79 Å². The lowest BCUT2D eigenvalue weighted by atomic mass is 10.0. The Morgan fingerprint density at radius 1 is 0.929 bits per heavy atom. The van der Waals surface area contributed by atoms with Gasteiger partial charge in [-0.3, -0.25) is 25.2 Å². The Morgan fingerprint density at radius 2 is 1.61 bits per heavy atom. The average molecular weight is 422 g/mol. The van der Waals surface area contributed by atoms with Crippen molar-refractivity contribution in [3.8, 4) is 0 Å². The summed E-state index contributed by atoms with van der Waals surface area (Å²) in [5.74, 6) is -1.36. The van der Waals surface area contributed by atoms with E-state index in [0.29, 0.717) is 17.0 Å². The molecule has 2 rings (SSSR count). The Hall–Kier alpha value is -2.57. The van der Waals surface area contributed by atoms with E-state index >= 15 is 0 Å². The third kappa shape index (κ3) is 6.25. The second-order valence-electron chi connectivity index (χ2n) is 6.59. The van der Waals surface area contributed by atoms with Gasteiger partial charge < -0.3 is 5.32 Å². The summed E-state index contributed by atoms with van der Waals surface area (Å²) < 4.78 is 0. The highest BCUT2D eigenvalue weighted by molar-refractivity contribution is 6.36. The molecule has 2 aromatic rings. The quantitative estimate of drug-likeness (QED) is 0.622. The van der Waals surface area contributed by atoms with Gasteiger partial charge in [-0.1, -0.05) is 55.2 Å². The molecule has 8 heteroatoms. The first kappa shape index (κ1) is 21.7. The predicted molar refractivity (Wildman–Crippen MR) is 109 cm³/mol. The molecule has 2 aromatic carbocycles. The summed E-state index contributed by atoms with van der Waals surface area (Å²) in [4.78, 5) is 37.1. The van der Waals surface area contributed by atoms with Crippen molar-refractivity contribution in [2.24, 2.45) is 5.92 Å². The highest BCUT2D eigenvalue weighted by atomic mass is 35.5. The van der Waals surface area contributed by atoms with Crippen molar-refractivity contribution in [1.82, 2.24) is 16.2 Å². The highest BCUT2D eigenvalue weighted by Gasteiger charge is 2.24. The molecule has 1 atom stereocenters. The van der Waals surface area contributed by atoms with Crippen molar-refractivity contribution >= 4 is 40.9 Å². The van der Waals surface area contributed by atoms with Crippen LogP contribution in [0.4, 0.5) is 0 Å². The van der Waals surface area contributed by atoms with Gasteiger partial charge in [-0.05, 0) is 42.7 Å². The van der Waals surface area contributed by atoms with E-state index in [1.54, 1.807) is 36.4 Å². The molecule has 0 radical (unpaired) electrons. The average Bonchev–Trinajstić information content (AvgIpc) is 2.65. The second-order valence-corrected chi connectivity index (χ2v) is 7.43. The summed E-state index contributed by atoms with van der Waals surface area (Å²) in [6.45, 7) is 3.84. The smallest absolute Gasteiger partial charge is 0.269 e. The van der Waals surface area contributed by atoms with Gasteiger partial charge in [0.05, 0.1) is 10.6 Å². The topological polar surface area (TPSA) is 87.3 Å². The van der Waals surface area contributed by atoms with Crippen LogP contribution in [0.15, 0.2) is 48.5 Å². The number of hydrazine groups is 1. The third-order valence-corrected chi connectivity index (χ3v) is 4.39. The van der Waals surface area contributed by atoms with Crippen molar-refractivity contribution in [3.05, 3.63) is 69.7 Å². The van der Waals surface area contributed by atoms with Gasteiger partial charge in [-0.15, -0.1) is 0 Å². The largest absolute Gasteiger partial charge is 0.340 e. The van der Waals surface area contributed by atoms with Gasteiger partial charge in [-0.25, -0.2) is 0 Å². The summed E-state index contributed by atoms with van der Waals surface area (Å²) in [5, 5.41) is 3.25. The van der Waals surface area contributed by atoms with E-state index in [2.05, 4.69) is 16.2 Å². The van der Waals surface area contributed by atoms with Gasteiger partial charge in [0.25, 0.3) is 17.7 Å². The van der Waals surface area contributed by atoms with E-state index in [4.69, 9.17) is 23.2 Å². The molecule has 0 aliphatic heterocycles. The fourth-order valence-corrected chi connectivity index (χ4v) is 2.97. The van der Waals surface area contributed by atoms with Crippen molar-refractivity contribution in [1.29, 1.82) is 0 Å². The van der Waals surface area contributed by atoms with Crippen molar-refractivity contribution in [2.45, 2.75) is 26.3 Å². The number of hydrogen-bond donors (Lipinski definition) is 3. The lowest BCUT2D eigenvalue weighted by Crippen LogP contribution is -2.52. The van der Waals surface area contributed by atoms with Crippen LogP contribution in [0, 0.1) is 5.92 Å². The molecule has 3 amide bonds. The second kappa shape index (κ2) is 10.1. The van der Waals surface area contributed by atoms with Crippen molar-refractivity contribution in [2.75, 3.05) is 0 Å². The molecule has 148 valence electrons. The third-order valence-electron chi connectivity index (χ3n) is 3.84. The minimum absolute atomic E-state index is 0.126. The van der Waals surface area contributed by atoms with Crippen LogP contribution in [0.25, 0.3) is 0 Å². The zero-order valence-electron chi connectivity index (χ0n) is 15.5. The molecule has 6 nitrogen and oxygen atoms in total. The number of carbonyl (C=O) groups is 3. The lowest BCUT2D eigenvalue weighted by molar-refractivity contribution is -0.124. The molecule has 0 saturated heterocycles. The van der Waals surface area contributed by atoms with E-state index in [0.717, 1.165) is 0 Å². The number of rotatable bonds is 6. The van der Waals surface area contributed by atoms with Crippen molar-refractivity contribution < 1.29 is 14.4 Å². The first-order valence-electron chi connectivity index (χ1n) is 8.69. The zero-order chi connectivity index (χ0) is 20.7. The molecule has 0 fully saturated rings. The molecule has 0 aliphatic rings. The van der Waals surface area contributed by atoms with E-state index in [1.165, 1.54) is 12.1 Å². The molecule has 0 aliphatic carbocycles. The van der Waals surface area contributed by atoms with E-state index < -0.39 is 23.8 Å². The zero-order valence-corrected chi connectivity index (χ0v) is 17.0. The normalized spacial score (nSPS) is 11.6. The minimum atomic E-state index is -0.852. The van der Waals surface area contributed by atoms with Crippen molar-refractivity contribution in [3.63, 3.8) is 0 Å². The molecule has 0 bridgehead atoms. The van der Waals surface area contributed by atoms with Gasteiger partial charge in [0, 0.05) is 10.6 Å². The predicted octanol–water partition coefficient (Wildman–Crippen LogP) is 3.60. The number of carbonyl (C=O) groups excluding carboxylic acids is 3. The summed E-state index contributed by atoms with van der Waals surface area (Å²) in [6, 6.07) is 12.1. The van der Waals surface area contributed by atoms with Crippen LogP contribution in [0.1, 0.15) is 41.0 Å². The van der Waals surface area contributed by atoms with Crippen LogP contribution >= 0.6 is 23.2 Å². The lowest BCUT2D eigenvalue weighted by Gasteiger charge is -2.20. The molecule has 0 saturated carbocycles. The van der Waals surface area contributed by atoms with Gasteiger partial charge in [0.2, 0.25) is 0 Å². The highest BCUT2D eigenvalue weighted by Crippen LogP contribution is 2.21. The van der Waals surface area contributed by atoms with E-state index in [9.17, 15) is 14.4 Å². The number of hydrogen-bond acceptors (Lipinski definition) is 3.